The van der Waals surface area contributed by atoms with Gasteiger partial charge in [0, 0.05) is 26.2 Å². The average Bonchev–Trinajstić information content (AvgIpc) is 2.27. The zero-order chi connectivity index (χ0) is 14.3. The summed E-state index contributed by atoms with van der Waals surface area (Å²) in [5, 5.41) is 3.22. The third-order valence-corrected chi connectivity index (χ3v) is 3.03. The Morgan fingerprint density at radius 2 is 1.58 bits per heavy atom. The second-order valence-corrected chi connectivity index (χ2v) is 6.33. The predicted octanol–water partition coefficient (Wildman–Crippen LogP) is 3.52. The molecule has 0 unspecified atom stereocenters. The van der Waals surface area contributed by atoms with Gasteiger partial charge in [0.1, 0.15) is 0 Å². The van der Waals surface area contributed by atoms with E-state index >= 15 is 0 Å². The number of hydrogen-bond donors (Lipinski definition) is 1. The molecule has 2 nitrogen and oxygen atoms in total. The second kappa shape index (κ2) is 8.34. The van der Waals surface area contributed by atoms with Gasteiger partial charge in [0.15, 0.2) is 0 Å². The lowest BCUT2D eigenvalue weighted by Crippen LogP contribution is -2.31. The maximum absolute atomic E-state index is 3.22. The van der Waals surface area contributed by atoms with Crippen molar-refractivity contribution in [2.45, 2.75) is 40.8 Å². The van der Waals surface area contributed by atoms with E-state index in [1.165, 1.54) is 24.2 Å². The van der Waals surface area contributed by atoms with Crippen molar-refractivity contribution in [2.75, 3.05) is 20.1 Å². The quantitative estimate of drug-likeness (QED) is 0.771. The van der Waals surface area contributed by atoms with Gasteiger partial charge in [-0.05, 0) is 30.0 Å². The first kappa shape index (κ1) is 16.2. The molecule has 0 aromatic heterocycles. The number of benzene rings is 1. The summed E-state index contributed by atoms with van der Waals surface area (Å²) in [7, 11) is 2.00. The van der Waals surface area contributed by atoms with E-state index in [0.717, 1.165) is 24.9 Å². The molecule has 0 saturated heterocycles. The minimum Gasteiger partial charge on any atom is -0.316 e. The minimum absolute atomic E-state index is 0.722. The Kier molecular flexibility index (Phi) is 7.11. The van der Waals surface area contributed by atoms with Gasteiger partial charge in [-0.1, -0.05) is 52.0 Å². The highest BCUT2D eigenvalue weighted by Crippen LogP contribution is 2.12. The van der Waals surface area contributed by atoms with Crippen LogP contribution >= 0.6 is 0 Å². The van der Waals surface area contributed by atoms with Crippen molar-refractivity contribution in [3.05, 3.63) is 35.4 Å². The lowest BCUT2D eigenvalue weighted by molar-refractivity contribution is 0.211. The smallest absolute Gasteiger partial charge is 0.0234 e. The Balaban J connectivity index is 2.68. The highest BCUT2D eigenvalue weighted by Gasteiger charge is 2.10. The van der Waals surface area contributed by atoms with Crippen molar-refractivity contribution in [1.29, 1.82) is 0 Å². The van der Waals surface area contributed by atoms with E-state index in [0.29, 0.717) is 0 Å². The summed E-state index contributed by atoms with van der Waals surface area (Å²) in [5.74, 6) is 1.44. The van der Waals surface area contributed by atoms with E-state index < -0.39 is 0 Å². The van der Waals surface area contributed by atoms with E-state index in [2.05, 4.69) is 62.2 Å². The standard InChI is InChI=1S/C17H30N2/c1-14(2)11-19(12-15(3)4)13-17-8-6-7-16(9-17)10-18-5/h6-9,14-15,18H,10-13H2,1-5H3. The van der Waals surface area contributed by atoms with Crippen LogP contribution in [0, 0.1) is 11.8 Å². The number of nitrogens with one attached hydrogen (secondary N) is 1. The Labute approximate surface area is 119 Å². The summed E-state index contributed by atoms with van der Waals surface area (Å²) < 4.78 is 0. The topological polar surface area (TPSA) is 15.3 Å². The van der Waals surface area contributed by atoms with Gasteiger partial charge in [0.25, 0.3) is 0 Å². The fourth-order valence-corrected chi connectivity index (χ4v) is 2.54. The van der Waals surface area contributed by atoms with Crippen molar-refractivity contribution in [2.24, 2.45) is 11.8 Å². The van der Waals surface area contributed by atoms with Gasteiger partial charge in [-0.3, -0.25) is 4.90 Å². The third kappa shape index (κ3) is 6.74. The molecule has 1 aromatic rings. The first-order valence-electron chi connectivity index (χ1n) is 7.46. The molecule has 2 heteroatoms. The lowest BCUT2D eigenvalue weighted by Gasteiger charge is -2.26. The molecule has 0 aliphatic heterocycles. The fraction of sp³-hybridized carbons (Fsp3) is 0.647. The monoisotopic (exact) mass is 262 g/mol. The van der Waals surface area contributed by atoms with Crippen LogP contribution in [-0.4, -0.2) is 25.0 Å². The maximum Gasteiger partial charge on any atom is 0.0234 e. The normalized spacial score (nSPS) is 11.8. The zero-order valence-electron chi connectivity index (χ0n) is 13.2. The van der Waals surface area contributed by atoms with Gasteiger partial charge in [-0.2, -0.15) is 0 Å². The van der Waals surface area contributed by atoms with E-state index in [-0.39, 0.29) is 0 Å². The van der Waals surface area contributed by atoms with Crippen molar-refractivity contribution >= 4 is 0 Å². The van der Waals surface area contributed by atoms with Crippen LogP contribution in [-0.2, 0) is 13.1 Å². The van der Waals surface area contributed by atoms with Crippen LogP contribution in [0.2, 0.25) is 0 Å². The molecular weight excluding hydrogens is 232 g/mol. The summed E-state index contributed by atoms with van der Waals surface area (Å²) in [4.78, 5) is 2.58. The van der Waals surface area contributed by atoms with Crippen molar-refractivity contribution < 1.29 is 0 Å². The molecule has 0 aliphatic rings. The number of nitrogens with zero attached hydrogens (tertiary/aromatic N) is 1. The molecule has 0 radical (unpaired) electrons. The Hall–Kier alpha value is -0.860. The molecular formula is C17H30N2. The minimum atomic E-state index is 0.722. The largest absolute Gasteiger partial charge is 0.316 e. The van der Waals surface area contributed by atoms with Crippen LogP contribution < -0.4 is 5.32 Å². The molecule has 0 atom stereocenters. The Morgan fingerprint density at radius 3 is 2.11 bits per heavy atom. The highest BCUT2D eigenvalue weighted by atomic mass is 15.1. The Morgan fingerprint density at radius 1 is 1.00 bits per heavy atom. The van der Waals surface area contributed by atoms with Gasteiger partial charge in [0.2, 0.25) is 0 Å². The first-order valence-corrected chi connectivity index (χ1v) is 7.46. The Bertz CT molecular complexity index is 348. The average molecular weight is 262 g/mol. The van der Waals surface area contributed by atoms with Gasteiger partial charge >= 0.3 is 0 Å². The SMILES string of the molecule is CNCc1cccc(CN(CC(C)C)CC(C)C)c1. The van der Waals surface area contributed by atoms with Crippen LogP contribution in [0.5, 0.6) is 0 Å². The van der Waals surface area contributed by atoms with E-state index in [1.54, 1.807) is 0 Å². The number of rotatable bonds is 8. The first-order chi connectivity index (χ1) is 9.01. The molecule has 19 heavy (non-hydrogen) atoms. The molecule has 1 aromatic carbocycles. The molecule has 0 saturated carbocycles. The molecule has 0 bridgehead atoms. The summed E-state index contributed by atoms with van der Waals surface area (Å²) >= 11 is 0. The lowest BCUT2D eigenvalue weighted by atomic mass is 10.1. The molecule has 1 rings (SSSR count). The molecule has 1 N–H and O–H groups in total. The van der Waals surface area contributed by atoms with Gasteiger partial charge in [0.05, 0.1) is 0 Å². The summed E-state index contributed by atoms with van der Waals surface area (Å²) in [6.07, 6.45) is 0. The third-order valence-electron chi connectivity index (χ3n) is 3.03. The van der Waals surface area contributed by atoms with Gasteiger partial charge < -0.3 is 5.32 Å². The van der Waals surface area contributed by atoms with Crippen molar-refractivity contribution in [3.8, 4) is 0 Å². The van der Waals surface area contributed by atoms with Crippen molar-refractivity contribution in [3.63, 3.8) is 0 Å². The second-order valence-electron chi connectivity index (χ2n) is 6.33. The van der Waals surface area contributed by atoms with Gasteiger partial charge in [-0.15, -0.1) is 0 Å². The molecule has 108 valence electrons. The summed E-state index contributed by atoms with van der Waals surface area (Å²) in [6.45, 7) is 13.5. The van der Waals surface area contributed by atoms with Crippen LogP contribution in [0.4, 0.5) is 0 Å². The number of hydrogen-bond acceptors (Lipinski definition) is 2. The maximum atomic E-state index is 3.22. The van der Waals surface area contributed by atoms with E-state index in [9.17, 15) is 0 Å². The predicted molar refractivity (Wildman–Crippen MR) is 84.2 cm³/mol. The van der Waals surface area contributed by atoms with E-state index in [1.807, 2.05) is 7.05 Å². The highest BCUT2D eigenvalue weighted by molar-refractivity contribution is 5.23. The molecule has 0 amide bonds. The van der Waals surface area contributed by atoms with Crippen LogP contribution in [0.15, 0.2) is 24.3 Å². The summed E-state index contributed by atoms with van der Waals surface area (Å²) in [5.41, 5.74) is 2.79. The fourth-order valence-electron chi connectivity index (χ4n) is 2.54. The van der Waals surface area contributed by atoms with E-state index in [4.69, 9.17) is 0 Å². The van der Waals surface area contributed by atoms with Crippen LogP contribution in [0.25, 0.3) is 0 Å². The van der Waals surface area contributed by atoms with Gasteiger partial charge in [-0.25, -0.2) is 0 Å². The molecule has 0 aliphatic carbocycles. The van der Waals surface area contributed by atoms with Crippen LogP contribution in [0.3, 0.4) is 0 Å². The molecule has 0 heterocycles. The van der Waals surface area contributed by atoms with Crippen LogP contribution in [0.1, 0.15) is 38.8 Å². The molecule has 0 fully saturated rings. The summed E-state index contributed by atoms with van der Waals surface area (Å²) in [6, 6.07) is 8.93. The molecule has 0 spiro atoms. The van der Waals surface area contributed by atoms with Crippen molar-refractivity contribution in [1.82, 2.24) is 10.2 Å². The zero-order valence-corrected chi connectivity index (χ0v) is 13.2.